The number of hydrogen-bond donors (Lipinski definition) is 2. The van der Waals surface area contributed by atoms with Crippen LogP contribution >= 0.6 is 12.4 Å². The molecule has 0 spiro atoms. The first-order valence-corrected chi connectivity index (χ1v) is 5.44. The third-order valence-electron chi connectivity index (χ3n) is 2.55. The lowest BCUT2D eigenvalue weighted by Gasteiger charge is -2.19. The van der Waals surface area contributed by atoms with Crippen LogP contribution in [0.5, 0.6) is 0 Å². The fourth-order valence-corrected chi connectivity index (χ4v) is 1.40. The van der Waals surface area contributed by atoms with E-state index in [1.54, 1.807) is 0 Å². The van der Waals surface area contributed by atoms with Crippen molar-refractivity contribution in [3.05, 3.63) is 34.9 Å². The summed E-state index contributed by atoms with van der Waals surface area (Å²) in [5, 5.41) is 2.84. The molecule has 0 radical (unpaired) electrons. The number of rotatable bonds is 3. The fraction of sp³-hybridized carbons (Fsp3) is 0.462. The molecule has 0 aromatic heterocycles. The van der Waals surface area contributed by atoms with Crippen molar-refractivity contribution in [3.63, 3.8) is 0 Å². The minimum absolute atomic E-state index is 0. The van der Waals surface area contributed by atoms with Crippen LogP contribution in [0.25, 0.3) is 0 Å². The van der Waals surface area contributed by atoms with Crippen LogP contribution in [-0.2, 0) is 0 Å². The number of nitrogens with two attached hydrogens (primary N) is 1. The van der Waals surface area contributed by atoms with Gasteiger partial charge in [-0.05, 0) is 44.9 Å². The Morgan fingerprint density at radius 2 is 1.94 bits per heavy atom. The van der Waals surface area contributed by atoms with E-state index in [9.17, 15) is 4.79 Å². The van der Waals surface area contributed by atoms with Crippen molar-refractivity contribution < 1.29 is 4.79 Å². The lowest BCUT2D eigenvalue weighted by molar-refractivity contribution is 0.0945. The maximum absolute atomic E-state index is 11.9. The Labute approximate surface area is 109 Å². The van der Waals surface area contributed by atoms with Gasteiger partial charge in [0, 0.05) is 17.6 Å². The molecule has 0 bridgehead atoms. The molecule has 96 valence electrons. The second kappa shape index (κ2) is 6.03. The zero-order valence-corrected chi connectivity index (χ0v) is 11.6. The molecule has 3 nitrogen and oxygen atoms in total. The molecule has 0 unspecified atom stereocenters. The van der Waals surface area contributed by atoms with E-state index < -0.39 is 0 Å². The summed E-state index contributed by atoms with van der Waals surface area (Å²) in [6, 6.07) is 5.73. The molecule has 17 heavy (non-hydrogen) atoms. The third-order valence-corrected chi connectivity index (χ3v) is 2.55. The zero-order chi connectivity index (χ0) is 12.3. The van der Waals surface area contributed by atoms with Crippen LogP contribution in [0.3, 0.4) is 0 Å². The van der Waals surface area contributed by atoms with Crippen molar-refractivity contribution in [2.75, 3.05) is 6.54 Å². The van der Waals surface area contributed by atoms with Crippen molar-refractivity contribution in [1.82, 2.24) is 5.32 Å². The van der Waals surface area contributed by atoms with Crippen LogP contribution in [-0.4, -0.2) is 18.0 Å². The predicted molar refractivity (Wildman–Crippen MR) is 73.8 cm³/mol. The Balaban J connectivity index is 0.00000256. The molecule has 1 aromatic rings. The number of amides is 1. The Morgan fingerprint density at radius 3 is 2.47 bits per heavy atom. The number of hydrogen-bond acceptors (Lipinski definition) is 2. The van der Waals surface area contributed by atoms with E-state index in [0.29, 0.717) is 6.54 Å². The number of carbonyl (C=O) groups excluding carboxylic acids is 1. The maximum Gasteiger partial charge on any atom is 0.251 e. The first kappa shape index (κ1) is 15.9. The Morgan fingerprint density at radius 1 is 1.35 bits per heavy atom. The van der Waals surface area contributed by atoms with Crippen LogP contribution < -0.4 is 11.1 Å². The van der Waals surface area contributed by atoms with E-state index in [4.69, 9.17) is 5.73 Å². The molecular weight excluding hydrogens is 236 g/mol. The van der Waals surface area contributed by atoms with Crippen LogP contribution in [0.2, 0.25) is 0 Å². The predicted octanol–water partition coefficient (Wildman–Crippen LogP) is 2.19. The highest BCUT2D eigenvalue weighted by atomic mass is 35.5. The number of halogens is 1. The summed E-state index contributed by atoms with van der Waals surface area (Å²) < 4.78 is 0. The molecule has 0 aliphatic rings. The average molecular weight is 257 g/mol. The molecule has 0 aliphatic carbocycles. The summed E-state index contributed by atoms with van der Waals surface area (Å²) in [4.78, 5) is 11.9. The van der Waals surface area contributed by atoms with Gasteiger partial charge in [0.1, 0.15) is 0 Å². The summed E-state index contributed by atoms with van der Waals surface area (Å²) in [6.45, 7) is 8.20. The minimum Gasteiger partial charge on any atom is -0.350 e. The van der Waals surface area contributed by atoms with E-state index in [-0.39, 0.29) is 23.9 Å². The van der Waals surface area contributed by atoms with Crippen LogP contribution in [0.1, 0.15) is 35.3 Å². The quantitative estimate of drug-likeness (QED) is 0.871. The molecule has 1 rings (SSSR count). The molecule has 0 heterocycles. The van der Waals surface area contributed by atoms with Gasteiger partial charge in [0.15, 0.2) is 0 Å². The highest BCUT2D eigenvalue weighted by Crippen LogP contribution is 2.12. The molecule has 0 atom stereocenters. The van der Waals surface area contributed by atoms with E-state index in [1.165, 1.54) is 0 Å². The van der Waals surface area contributed by atoms with Gasteiger partial charge in [-0.1, -0.05) is 12.1 Å². The lowest BCUT2D eigenvalue weighted by Crippen LogP contribution is -2.45. The first-order chi connectivity index (χ1) is 7.31. The summed E-state index contributed by atoms with van der Waals surface area (Å²) >= 11 is 0. The highest BCUT2D eigenvalue weighted by Gasteiger charge is 2.14. The molecule has 0 fully saturated rings. The summed E-state index contributed by atoms with van der Waals surface area (Å²) in [6.07, 6.45) is 0. The van der Waals surface area contributed by atoms with Gasteiger partial charge in [0.05, 0.1) is 0 Å². The van der Waals surface area contributed by atoms with Gasteiger partial charge in [-0.25, -0.2) is 0 Å². The van der Waals surface area contributed by atoms with Gasteiger partial charge < -0.3 is 11.1 Å². The van der Waals surface area contributed by atoms with E-state index >= 15 is 0 Å². The van der Waals surface area contributed by atoms with Crippen molar-refractivity contribution in [1.29, 1.82) is 0 Å². The average Bonchev–Trinajstić information content (AvgIpc) is 2.17. The molecule has 0 saturated heterocycles. The van der Waals surface area contributed by atoms with Crippen LogP contribution in [0.4, 0.5) is 0 Å². The highest BCUT2D eigenvalue weighted by molar-refractivity contribution is 5.95. The monoisotopic (exact) mass is 256 g/mol. The van der Waals surface area contributed by atoms with Crippen molar-refractivity contribution >= 4 is 18.3 Å². The summed E-state index contributed by atoms with van der Waals surface area (Å²) in [5.74, 6) is -0.0558. The van der Waals surface area contributed by atoms with Gasteiger partial charge in [0.2, 0.25) is 0 Å². The van der Waals surface area contributed by atoms with Gasteiger partial charge in [0.25, 0.3) is 5.91 Å². The summed E-state index contributed by atoms with van der Waals surface area (Å²) in [7, 11) is 0. The molecule has 0 saturated carbocycles. The number of aryl methyl sites for hydroxylation is 1. The van der Waals surface area contributed by atoms with Crippen molar-refractivity contribution in [3.8, 4) is 0 Å². The Hall–Kier alpha value is -1.06. The van der Waals surface area contributed by atoms with Crippen LogP contribution in [0.15, 0.2) is 18.2 Å². The second-order valence-corrected chi connectivity index (χ2v) is 4.92. The number of carbonyl (C=O) groups is 1. The summed E-state index contributed by atoms with van der Waals surface area (Å²) in [5.41, 5.74) is 8.31. The SMILES string of the molecule is Cc1cccc(C(=O)NCC(C)(C)N)c1C.Cl. The lowest BCUT2D eigenvalue weighted by atomic mass is 10.0. The molecule has 4 heteroatoms. The molecule has 1 aromatic carbocycles. The van der Waals surface area contributed by atoms with E-state index in [1.807, 2.05) is 45.9 Å². The van der Waals surface area contributed by atoms with Gasteiger partial charge in [-0.2, -0.15) is 0 Å². The van der Waals surface area contributed by atoms with Crippen LogP contribution in [0, 0.1) is 13.8 Å². The molecule has 1 amide bonds. The Bertz CT molecular complexity index is 397. The van der Waals surface area contributed by atoms with E-state index in [0.717, 1.165) is 16.7 Å². The largest absolute Gasteiger partial charge is 0.350 e. The normalized spacial score (nSPS) is 10.6. The smallest absolute Gasteiger partial charge is 0.251 e. The number of nitrogens with one attached hydrogen (secondary N) is 1. The molecule has 3 N–H and O–H groups in total. The Kier molecular flexibility index (Phi) is 5.66. The standard InChI is InChI=1S/C13H20N2O.ClH/c1-9-6-5-7-11(10(9)2)12(16)15-8-13(3,4)14;/h5-7H,8,14H2,1-4H3,(H,15,16);1H. The van der Waals surface area contributed by atoms with E-state index in [2.05, 4.69) is 5.32 Å². The topological polar surface area (TPSA) is 55.1 Å². The third kappa shape index (κ3) is 4.75. The van der Waals surface area contributed by atoms with Crippen molar-refractivity contribution in [2.45, 2.75) is 33.2 Å². The minimum atomic E-state index is -0.382. The number of benzene rings is 1. The second-order valence-electron chi connectivity index (χ2n) is 4.92. The molecular formula is C13H21ClN2O. The maximum atomic E-state index is 11.9. The fourth-order valence-electron chi connectivity index (χ4n) is 1.40. The first-order valence-electron chi connectivity index (χ1n) is 5.44. The molecule has 0 aliphatic heterocycles. The van der Waals surface area contributed by atoms with Gasteiger partial charge in [-0.3, -0.25) is 4.79 Å². The van der Waals surface area contributed by atoms with Crippen molar-refractivity contribution in [2.24, 2.45) is 5.73 Å². The van der Waals surface area contributed by atoms with Gasteiger partial charge >= 0.3 is 0 Å². The van der Waals surface area contributed by atoms with Gasteiger partial charge in [-0.15, -0.1) is 12.4 Å². The zero-order valence-electron chi connectivity index (χ0n) is 10.8.